The first-order valence-corrected chi connectivity index (χ1v) is 6.29. The number of rotatable bonds is 2. The van der Waals surface area contributed by atoms with Crippen LogP contribution in [0.1, 0.15) is 31.9 Å². The smallest absolute Gasteiger partial charge is 0.371 e. The van der Waals surface area contributed by atoms with Crippen LogP contribution >= 0.6 is 0 Å². The Balaban J connectivity index is 2.59. The van der Waals surface area contributed by atoms with Gasteiger partial charge in [0.25, 0.3) is 5.56 Å². The molecule has 21 heavy (non-hydrogen) atoms. The zero-order valence-corrected chi connectivity index (χ0v) is 11.9. The molecule has 0 aromatic carbocycles. The van der Waals surface area contributed by atoms with Crippen LogP contribution in [0.3, 0.4) is 0 Å². The molecule has 0 amide bonds. The molecule has 0 bridgehead atoms. The van der Waals surface area contributed by atoms with Crippen molar-refractivity contribution in [2.75, 3.05) is 0 Å². The van der Waals surface area contributed by atoms with Crippen molar-refractivity contribution < 1.29 is 17.9 Å². The number of fused-ring (bicyclic) bond motifs is 1. The minimum absolute atomic E-state index is 0.0240. The molecule has 0 saturated heterocycles. The number of hydrogen-bond donors (Lipinski definition) is 0. The lowest BCUT2D eigenvalue weighted by atomic mass is 10.1. The average molecular weight is 300 g/mol. The highest BCUT2D eigenvalue weighted by atomic mass is 19.4. The van der Waals surface area contributed by atoms with E-state index < -0.39 is 28.5 Å². The third kappa shape index (κ3) is 3.60. The summed E-state index contributed by atoms with van der Waals surface area (Å²) in [5, 5.41) is 0. The second-order valence-corrected chi connectivity index (χ2v) is 5.64. The fraction of sp³-hybridized carbons (Fsp3) is 0.429. The lowest BCUT2D eigenvalue weighted by molar-refractivity contribution is -0.136. The Hall–Kier alpha value is -1.89. The number of aromatic nitrogens is 2. The Morgan fingerprint density at radius 2 is 1.95 bits per heavy atom. The van der Waals surface area contributed by atoms with E-state index in [9.17, 15) is 18.0 Å². The van der Waals surface area contributed by atoms with Crippen LogP contribution < -0.4 is 5.56 Å². The first kappa shape index (κ1) is 15.5. The first-order chi connectivity index (χ1) is 9.58. The van der Waals surface area contributed by atoms with Crippen molar-refractivity contribution in [2.24, 2.45) is 0 Å². The Morgan fingerprint density at radius 3 is 2.52 bits per heavy atom. The minimum atomic E-state index is -4.59. The monoisotopic (exact) mass is 300 g/mol. The van der Waals surface area contributed by atoms with Gasteiger partial charge in [0, 0.05) is 18.5 Å². The van der Waals surface area contributed by atoms with E-state index in [0.717, 1.165) is 22.7 Å². The predicted octanol–water partition coefficient (Wildman–Crippen LogP) is 3.03. The molecule has 0 radical (unpaired) electrons. The van der Waals surface area contributed by atoms with Gasteiger partial charge in [0.15, 0.2) is 5.65 Å². The molecule has 7 heteroatoms. The van der Waals surface area contributed by atoms with E-state index in [-0.39, 0.29) is 12.2 Å². The van der Waals surface area contributed by atoms with Gasteiger partial charge in [0.1, 0.15) is 0 Å². The molecule has 0 fully saturated rings. The number of alkyl halides is 3. The molecule has 114 valence electrons. The normalized spacial score (nSPS) is 12.9. The SMILES string of the molecule is CC(C)(C)OCc1cc(C(F)(F)F)c2nccc(=O)n2c1. The number of halogens is 3. The van der Waals surface area contributed by atoms with Crippen molar-refractivity contribution in [1.82, 2.24) is 9.38 Å². The van der Waals surface area contributed by atoms with Gasteiger partial charge in [-0.25, -0.2) is 4.98 Å². The topological polar surface area (TPSA) is 43.6 Å². The lowest BCUT2D eigenvalue weighted by Gasteiger charge is -2.20. The number of hydrogen-bond acceptors (Lipinski definition) is 3. The van der Waals surface area contributed by atoms with E-state index in [4.69, 9.17) is 4.74 Å². The molecule has 2 heterocycles. The predicted molar refractivity (Wildman–Crippen MR) is 71.0 cm³/mol. The number of pyridine rings is 1. The van der Waals surface area contributed by atoms with E-state index in [1.54, 1.807) is 20.8 Å². The third-order valence-electron chi connectivity index (χ3n) is 2.72. The van der Waals surface area contributed by atoms with E-state index in [2.05, 4.69) is 4.98 Å². The molecule has 2 rings (SSSR count). The van der Waals surface area contributed by atoms with E-state index in [1.165, 1.54) is 6.20 Å². The maximum absolute atomic E-state index is 13.1. The highest BCUT2D eigenvalue weighted by molar-refractivity contribution is 5.50. The van der Waals surface area contributed by atoms with Gasteiger partial charge in [0.2, 0.25) is 0 Å². The second-order valence-electron chi connectivity index (χ2n) is 5.64. The van der Waals surface area contributed by atoms with Crippen LogP contribution in [0.5, 0.6) is 0 Å². The fourth-order valence-electron chi connectivity index (χ4n) is 1.78. The average Bonchev–Trinajstić information content (AvgIpc) is 2.34. The summed E-state index contributed by atoms with van der Waals surface area (Å²) in [7, 11) is 0. The standard InChI is InChI=1S/C14H15F3N2O2/c1-13(2,3)21-8-9-6-10(14(15,16)17)12-18-5-4-11(20)19(12)7-9/h4-7H,8H2,1-3H3. The third-order valence-corrected chi connectivity index (χ3v) is 2.72. The molecule has 4 nitrogen and oxygen atoms in total. The van der Waals surface area contributed by atoms with Gasteiger partial charge in [-0.05, 0) is 32.4 Å². The van der Waals surface area contributed by atoms with Crippen LogP contribution in [0.15, 0.2) is 29.3 Å². The number of ether oxygens (including phenoxy) is 1. The van der Waals surface area contributed by atoms with E-state index in [1.807, 2.05) is 0 Å². The maximum atomic E-state index is 13.1. The van der Waals surface area contributed by atoms with E-state index >= 15 is 0 Å². The Kier molecular flexibility index (Phi) is 3.79. The molecule has 0 N–H and O–H groups in total. The van der Waals surface area contributed by atoms with Crippen molar-refractivity contribution in [3.8, 4) is 0 Å². The van der Waals surface area contributed by atoms with Gasteiger partial charge in [-0.15, -0.1) is 0 Å². The second kappa shape index (κ2) is 5.14. The van der Waals surface area contributed by atoms with Crippen LogP contribution in [0, 0.1) is 0 Å². The molecule has 0 saturated carbocycles. The summed E-state index contributed by atoms with van der Waals surface area (Å²) in [6.07, 6.45) is -2.20. The molecule has 0 unspecified atom stereocenters. The highest BCUT2D eigenvalue weighted by Gasteiger charge is 2.34. The van der Waals surface area contributed by atoms with Crippen LogP contribution in [0.2, 0.25) is 0 Å². The van der Waals surface area contributed by atoms with Gasteiger partial charge < -0.3 is 4.74 Å². The molecular formula is C14H15F3N2O2. The summed E-state index contributed by atoms with van der Waals surface area (Å²) < 4.78 is 45.7. The van der Waals surface area contributed by atoms with Gasteiger partial charge in [0.05, 0.1) is 17.8 Å². The van der Waals surface area contributed by atoms with Crippen molar-refractivity contribution in [2.45, 2.75) is 39.2 Å². The van der Waals surface area contributed by atoms with Gasteiger partial charge in [-0.3, -0.25) is 9.20 Å². The fourth-order valence-corrected chi connectivity index (χ4v) is 1.78. The Morgan fingerprint density at radius 1 is 1.29 bits per heavy atom. The van der Waals surface area contributed by atoms with Crippen molar-refractivity contribution >= 4 is 5.65 Å². The number of nitrogens with zero attached hydrogens (tertiary/aromatic N) is 2. The lowest BCUT2D eigenvalue weighted by Crippen LogP contribution is -2.21. The van der Waals surface area contributed by atoms with Gasteiger partial charge in [-0.1, -0.05) is 0 Å². The van der Waals surface area contributed by atoms with Crippen molar-refractivity contribution in [1.29, 1.82) is 0 Å². The largest absolute Gasteiger partial charge is 0.419 e. The Labute approximate surface area is 119 Å². The Bertz CT molecular complexity index is 715. The summed E-state index contributed by atoms with van der Waals surface area (Å²) in [4.78, 5) is 15.4. The summed E-state index contributed by atoms with van der Waals surface area (Å²) in [6, 6.07) is 2.08. The van der Waals surface area contributed by atoms with Gasteiger partial charge >= 0.3 is 6.18 Å². The molecule has 2 aromatic heterocycles. The summed E-state index contributed by atoms with van der Waals surface area (Å²) in [5.41, 5.74) is -2.15. The van der Waals surface area contributed by atoms with Crippen molar-refractivity contribution in [3.63, 3.8) is 0 Å². The molecule has 0 spiro atoms. The summed E-state index contributed by atoms with van der Waals surface area (Å²) in [6.45, 7) is 5.37. The maximum Gasteiger partial charge on any atom is 0.419 e. The quantitative estimate of drug-likeness (QED) is 0.856. The van der Waals surface area contributed by atoms with Gasteiger partial charge in [-0.2, -0.15) is 13.2 Å². The van der Waals surface area contributed by atoms with Crippen LogP contribution in [0.25, 0.3) is 5.65 Å². The van der Waals surface area contributed by atoms with Crippen LogP contribution in [0.4, 0.5) is 13.2 Å². The van der Waals surface area contributed by atoms with Crippen molar-refractivity contribution in [3.05, 3.63) is 46.0 Å². The molecule has 2 aromatic rings. The summed E-state index contributed by atoms with van der Waals surface area (Å²) in [5.74, 6) is 0. The molecular weight excluding hydrogens is 285 g/mol. The van der Waals surface area contributed by atoms with E-state index in [0.29, 0.717) is 0 Å². The zero-order valence-electron chi connectivity index (χ0n) is 11.9. The van der Waals surface area contributed by atoms with Crippen LogP contribution in [-0.4, -0.2) is 15.0 Å². The highest BCUT2D eigenvalue weighted by Crippen LogP contribution is 2.32. The van der Waals surface area contributed by atoms with Crippen LogP contribution in [-0.2, 0) is 17.5 Å². The first-order valence-electron chi connectivity index (χ1n) is 6.29. The molecule has 0 aliphatic carbocycles. The molecule has 0 atom stereocenters. The minimum Gasteiger partial charge on any atom is -0.371 e. The summed E-state index contributed by atoms with van der Waals surface area (Å²) >= 11 is 0. The zero-order chi connectivity index (χ0) is 15.8. The molecule has 0 aliphatic rings. The molecule has 0 aliphatic heterocycles.